The first-order chi connectivity index (χ1) is 18.8. The van der Waals surface area contributed by atoms with E-state index in [1.807, 2.05) is 4.90 Å². The average molecular weight is 568 g/mol. The predicted octanol–water partition coefficient (Wildman–Crippen LogP) is 3.10. The molecule has 2 aliphatic carbocycles. The predicted molar refractivity (Wildman–Crippen MR) is 150 cm³/mol. The fraction of sp³-hybridized carbons (Fsp3) is 0.519. The Kier molecular flexibility index (Phi) is 5.77. The van der Waals surface area contributed by atoms with Gasteiger partial charge in [-0.1, -0.05) is 11.6 Å². The minimum absolute atomic E-state index is 0.0280. The maximum absolute atomic E-state index is 13.6. The van der Waals surface area contributed by atoms with E-state index in [4.69, 9.17) is 11.6 Å². The lowest BCUT2D eigenvalue weighted by Crippen LogP contribution is -2.52. The molecule has 204 valence electrons. The summed E-state index contributed by atoms with van der Waals surface area (Å²) in [5.41, 5.74) is 0.666. The van der Waals surface area contributed by atoms with Crippen molar-refractivity contribution in [2.45, 2.75) is 56.7 Å². The lowest BCUT2D eigenvalue weighted by atomic mass is 9.85. The number of thiophene rings is 1. The first-order valence-electron chi connectivity index (χ1n) is 13.5. The van der Waals surface area contributed by atoms with Gasteiger partial charge in [-0.15, -0.1) is 11.3 Å². The summed E-state index contributed by atoms with van der Waals surface area (Å²) < 4.78 is 1.53. The number of nitrogens with one attached hydrogen (secondary N) is 2. The van der Waals surface area contributed by atoms with Gasteiger partial charge in [-0.2, -0.15) is 0 Å². The molecule has 2 fully saturated rings. The summed E-state index contributed by atoms with van der Waals surface area (Å²) in [6.45, 7) is 1.61. The Bertz CT molecular complexity index is 1590. The molecule has 1 spiro atoms. The largest absolute Gasteiger partial charge is 0.341 e. The Labute approximate surface area is 234 Å². The zero-order chi connectivity index (χ0) is 27.1. The van der Waals surface area contributed by atoms with E-state index in [1.165, 1.54) is 17.0 Å². The van der Waals surface area contributed by atoms with Crippen molar-refractivity contribution in [3.63, 3.8) is 0 Å². The number of amides is 2. The maximum atomic E-state index is 13.6. The maximum Gasteiger partial charge on any atom is 0.276 e. The third-order valence-electron chi connectivity index (χ3n) is 8.98. The van der Waals surface area contributed by atoms with E-state index < -0.39 is 5.66 Å². The zero-order valence-corrected chi connectivity index (χ0v) is 23.5. The second-order valence-electron chi connectivity index (χ2n) is 11.4. The van der Waals surface area contributed by atoms with Crippen LogP contribution < -0.4 is 16.2 Å². The van der Waals surface area contributed by atoms with Crippen LogP contribution in [0.1, 0.15) is 53.0 Å². The van der Waals surface area contributed by atoms with Crippen molar-refractivity contribution >= 4 is 56.5 Å². The highest BCUT2D eigenvalue weighted by molar-refractivity contribution is 7.19. The third kappa shape index (κ3) is 3.81. The van der Waals surface area contributed by atoms with E-state index in [0.29, 0.717) is 31.1 Å². The van der Waals surface area contributed by atoms with Crippen molar-refractivity contribution in [3.8, 4) is 0 Å². The van der Waals surface area contributed by atoms with E-state index in [0.717, 1.165) is 59.4 Å². The lowest BCUT2D eigenvalue weighted by molar-refractivity contribution is -0.134. The van der Waals surface area contributed by atoms with Crippen molar-refractivity contribution in [2.75, 3.05) is 32.5 Å². The number of likely N-dealkylation sites (N-methyl/N-ethyl adjacent to an activating group) is 1. The molecule has 4 aliphatic rings. The average Bonchev–Trinajstić information content (AvgIpc) is 3.60. The van der Waals surface area contributed by atoms with Crippen LogP contribution in [0.2, 0.25) is 5.02 Å². The molecule has 3 aromatic rings. The molecule has 39 heavy (non-hydrogen) atoms. The van der Waals surface area contributed by atoms with Crippen molar-refractivity contribution in [3.05, 3.63) is 43.9 Å². The van der Waals surface area contributed by atoms with Gasteiger partial charge in [0.15, 0.2) is 0 Å². The van der Waals surface area contributed by atoms with Gasteiger partial charge >= 0.3 is 0 Å². The number of hydrogen-bond acceptors (Lipinski definition) is 8. The summed E-state index contributed by atoms with van der Waals surface area (Å²) in [6.07, 6.45) is 7.08. The molecule has 7 rings (SSSR count). The number of pyridine rings is 1. The Morgan fingerprint density at radius 2 is 2.08 bits per heavy atom. The number of hydrogen-bond donors (Lipinski definition) is 2. The molecule has 1 saturated carbocycles. The molecule has 2 amide bonds. The number of likely N-dealkylation sites (tertiary alicyclic amines) is 1. The van der Waals surface area contributed by atoms with Crippen LogP contribution in [-0.2, 0) is 23.3 Å². The molecule has 3 aromatic heterocycles. The second kappa shape index (κ2) is 9.00. The van der Waals surface area contributed by atoms with Crippen molar-refractivity contribution in [2.24, 2.45) is 5.92 Å². The quantitative estimate of drug-likeness (QED) is 0.498. The summed E-state index contributed by atoms with van der Waals surface area (Å²) in [5, 5.41) is 7.33. The molecule has 0 radical (unpaired) electrons. The number of fused-ring (bicyclic) bond motifs is 5. The number of nitrogens with zero attached hydrogens (tertiary/aromatic N) is 5. The molecule has 0 bridgehead atoms. The number of carbonyl (C=O) groups excluding carboxylic acids is 2. The van der Waals surface area contributed by atoms with Gasteiger partial charge in [0, 0.05) is 29.9 Å². The Hall–Kier alpha value is -3.02. The SMILES string of the molecule is CN(C)C1CCN(C(=O)[C@H]2CCc3c(sc4ncnc(Nc5cc(Cl)c6n(c5=O)C5(CCC5)NC6=O)c34)C2)C1. The second-order valence-corrected chi connectivity index (χ2v) is 12.9. The lowest BCUT2D eigenvalue weighted by Gasteiger charge is -2.39. The summed E-state index contributed by atoms with van der Waals surface area (Å²) >= 11 is 8.12. The van der Waals surface area contributed by atoms with Crippen LogP contribution in [0.25, 0.3) is 10.2 Å². The Balaban J connectivity index is 1.19. The molecule has 2 aliphatic heterocycles. The Morgan fingerprint density at radius 3 is 2.79 bits per heavy atom. The van der Waals surface area contributed by atoms with Gasteiger partial charge in [0.1, 0.15) is 34.0 Å². The van der Waals surface area contributed by atoms with Crippen LogP contribution in [0.5, 0.6) is 0 Å². The van der Waals surface area contributed by atoms with Crippen LogP contribution in [0.4, 0.5) is 11.5 Å². The highest BCUT2D eigenvalue weighted by Gasteiger charge is 2.49. The van der Waals surface area contributed by atoms with E-state index in [1.54, 1.807) is 11.3 Å². The monoisotopic (exact) mass is 567 g/mol. The third-order valence-corrected chi connectivity index (χ3v) is 10.4. The van der Waals surface area contributed by atoms with Gasteiger partial charge in [0.25, 0.3) is 11.5 Å². The van der Waals surface area contributed by atoms with Crippen LogP contribution in [0.3, 0.4) is 0 Å². The van der Waals surface area contributed by atoms with Gasteiger partial charge in [-0.3, -0.25) is 19.0 Å². The molecule has 12 heteroatoms. The number of aryl methyl sites for hydroxylation is 1. The Morgan fingerprint density at radius 1 is 1.26 bits per heavy atom. The molecular formula is C27H30ClN7O3S. The van der Waals surface area contributed by atoms with Gasteiger partial charge in [0.2, 0.25) is 5.91 Å². The van der Waals surface area contributed by atoms with E-state index >= 15 is 0 Å². The van der Waals surface area contributed by atoms with E-state index in [2.05, 4.69) is 39.6 Å². The van der Waals surface area contributed by atoms with Crippen molar-refractivity contribution < 1.29 is 9.59 Å². The summed E-state index contributed by atoms with van der Waals surface area (Å²) in [5.74, 6) is 0.458. The highest BCUT2D eigenvalue weighted by Crippen LogP contribution is 2.43. The van der Waals surface area contributed by atoms with Crippen molar-refractivity contribution in [1.82, 2.24) is 29.7 Å². The molecule has 2 N–H and O–H groups in total. The zero-order valence-electron chi connectivity index (χ0n) is 21.9. The fourth-order valence-corrected chi connectivity index (χ4v) is 8.19. The van der Waals surface area contributed by atoms with Gasteiger partial charge < -0.3 is 20.4 Å². The van der Waals surface area contributed by atoms with Crippen molar-refractivity contribution in [1.29, 1.82) is 0 Å². The summed E-state index contributed by atoms with van der Waals surface area (Å²) in [7, 11) is 4.14. The van der Waals surface area contributed by atoms with Gasteiger partial charge in [-0.25, -0.2) is 9.97 Å². The van der Waals surface area contributed by atoms with Gasteiger partial charge in [-0.05, 0) is 70.7 Å². The number of aromatic nitrogens is 3. The first-order valence-corrected chi connectivity index (χ1v) is 14.7. The fourth-order valence-electron chi connectivity index (χ4n) is 6.65. The minimum Gasteiger partial charge on any atom is -0.341 e. The number of halogens is 1. The minimum atomic E-state index is -0.684. The van der Waals surface area contributed by atoms with E-state index in [-0.39, 0.29) is 39.7 Å². The standard InChI is InChI=1S/C27H30ClN7O3S/c1-33(2)15-6-9-34(12-15)25(37)14-4-5-16-19(10-14)39-24-20(16)22(29-13-30-24)31-18-11-17(28)21-23(36)32-27(7-3-8-27)35(21)26(18)38/h11,13-15H,3-10,12H2,1-2H3,(H,32,36)(H,29,30,31)/t14-,15?/m0/s1. The molecule has 0 aromatic carbocycles. The van der Waals surface area contributed by atoms with Crippen LogP contribution in [-0.4, -0.2) is 69.4 Å². The van der Waals surface area contributed by atoms with Gasteiger partial charge in [0.05, 0.1) is 10.4 Å². The number of rotatable bonds is 4. The molecule has 10 nitrogen and oxygen atoms in total. The molecule has 5 heterocycles. The number of anilines is 2. The molecule has 1 unspecified atom stereocenters. The molecule has 2 atom stereocenters. The summed E-state index contributed by atoms with van der Waals surface area (Å²) in [6, 6.07) is 1.94. The summed E-state index contributed by atoms with van der Waals surface area (Å²) in [4.78, 5) is 54.8. The first kappa shape index (κ1) is 25.0. The normalized spacial score (nSPS) is 23.2. The topological polar surface area (TPSA) is 112 Å². The van der Waals surface area contributed by atoms with Crippen LogP contribution in [0, 0.1) is 5.92 Å². The van der Waals surface area contributed by atoms with E-state index in [9.17, 15) is 14.4 Å². The highest BCUT2D eigenvalue weighted by atomic mass is 35.5. The molecular weight excluding hydrogens is 538 g/mol. The van der Waals surface area contributed by atoms with Crippen LogP contribution >= 0.6 is 22.9 Å². The molecule has 1 saturated heterocycles. The van der Waals surface area contributed by atoms with Crippen LogP contribution in [0.15, 0.2) is 17.2 Å². The number of carbonyl (C=O) groups is 2. The smallest absolute Gasteiger partial charge is 0.276 e.